The molecule has 0 saturated heterocycles. The van der Waals surface area contributed by atoms with Crippen LogP contribution in [0.15, 0.2) is 42.6 Å². The zero-order valence-electron chi connectivity index (χ0n) is 14.0. The van der Waals surface area contributed by atoms with Crippen LogP contribution in [0.5, 0.6) is 0 Å². The lowest BCUT2D eigenvalue weighted by Crippen LogP contribution is -2.09. The van der Waals surface area contributed by atoms with Crippen molar-refractivity contribution >= 4 is 34.9 Å². The van der Waals surface area contributed by atoms with Gasteiger partial charge in [0.05, 0.1) is 5.56 Å². The van der Waals surface area contributed by atoms with Gasteiger partial charge in [0, 0.05) is 17.6 Å². The standard InChI is InChI=1S/C16H9ClF6N6/c17-12-27-13(25-9-3-1-2-8(6-9)15(18,19)20)29-14(28-12)26-10-4-5-24-11(7-10)16(21,22)23/h1-7H,(H2,24,25,26,27,28,29). The molecule has 0 spiro atoms. The topological polar surface area (TPSA) is 75.6 Å². The number of benzene rings is 1. The monoisotopic (exact) mass is 434 g/mol. The van der Waals surface area contributed by atoms with Gasteiger partial charge in [-0.15, -0.1) is 0 Å². The van der Waals surface area contributed by atoms with Gasteiger partial charge in [-0.2, -0.15) is 41.3 Å². The maximum Gasteiger partial charge on any atom is 0.433 e. The highest BCUT2D eigenvalue weighted by molar-refractivity contribution is 6.28. The normalized spacial score (nSPS) is 12.0. The molecule has 3 rings (SSSR count). The van der Waals surface area contributed by atoms with Crippen LogP contribution in [0.25, 0.3) is 0 Å². The van der Waals surface area contributed by atoms with Gasteiger partial charge < -0.3 is 10.6 Å². The fourth-order valence-electron chi connectivity index (χ4n) is 2.16. The lowest BCUT2D eigenvalue weighted by molar-refractivity contribution is -0.141. The van der Waals surface area contributed by atoms with E-state index >= 15 is 0 Å². The summed E-state index contributed by atoms with van der Waals surface area (Å²) in [5.74, 6) is -0.435. The van der Waals surface area contributed by atoms with Gasteiger partial charge in [-0.3, -0.25) is 4.98 Å². The maximum atomic E-state index is 12.8. The van der Waals surface area contributed by atoms with E-state index in [2.05, 4.69) is 30.6 Å². The van der Waals surface area contributed by atoms with E-state index in [9.17, 15) is 26.3 Å². The molecule has 2 aromatic heterocycles. The van der Waals surface area contributed by atoms with Gasteiger partial charge in [-0.05, 0) is 41.9 Å². The number of halogens is 7. The van der Waals surface area contributed by atoms with Crippen LogP contribution in [0.1, 0.15) is 11.3 Å². The van der Waals surface area contributed by atoms with Crippen LogP contribution >= 0.6 is 11.6 Å². The molecule has 1 aromatic carbocycles. The van der Waals surface area contributed by atoms with E-state index in [1.165, 1.54) is 18.2 Å². The first-order valence-electron chi connectivity index (χ1n) is 7.67. The summed E-state index contributed by atoms with van der Waals surface area (Å²) < 4.78 is 76.7. The minimum atomic E-state index is -4.65. The summed E-state index contributed by atoms with van der Waals surface area (Å²) in [6, 6.07) is 6.23. The van der Waals surface area contributed by atoms with Crippen LogP contribution in [0.3, 0.4) is 0 Å². The van der Waals surface area contributed by atoms with Crippen LogP contribution in [-0.2, 0) is 12.4 Å². The van der Waals surface area contributed by atoms with Gasteiger partial charge in [0.25, 0.3) is 0 Å². The Morgan fingerprint density at radius 3 is 1.97 bits per heavy atom. The molecule has 0 fully saturated rings. The van der Waals surface area contributed by atoms with Gasteiger partial charge in [-0.25, -0.2) is 0 Å². The lowest BCUT2D eigenvalue weighted by Gasteiger charge is -2.11. The fourth-order valence-corrected chi connectivity index (χ4v) is 2.32. The largest absolute Gasteiger partial charge is 0.433 e. The first-order valence-corrected chi connectivity index (χ1v) is 8.05. The smallest absolute Gasteiger partial charge is 0.324 e. The van der Waals surface area contributed by atoms with Crippen LogP contribution in [-0.4, -0.2) is 19.9 Å². The molecule has 13 heteroatoms. The second-order valence-corrected chi connectivity index (χ2v) is 5.85. The van der Waals surface area contributed by atoms with Crippen molar-refractivity contribution in [3.05, 3.63) is 59.1 Å². The predicted octanol–water partition coefficient (Wildman–Crippen LogP) is 5.44. The average Bonchev–Trinajstić information content (AvgIpc) is 2.60. The highest BCUT2D eigenvalue weighted by atomic mass is 35.5. The lowest BCUT2D eigenvalue weighted by atomic mass is 10.2. The zero-order valence-corrected chi connectivity index (χ0v) is 14.7. The van der Waals surface area contributed by atoms with E-state index in [0.717, 1.165) is 24.4 Å². The van der Waals surface area contributed by atoms with Crippen molar-refractivity contribution in [1.29, 1.82) is 0 Å². The summed E-state index contributed by atoms with van der Waals surface area (Å²) in [6.45, 7) is 0. The third kappa shape index (κ3) is 5.44. The van der Waals surface area contributed by atoms with E-state index in [0.29, 0.717) is 0 Å². The molecule has 0 radical (unpaired) electrons. The van der Waals surface area contributed by atoms with Crippen molar-refractivity contribution in [3.8, 4) is 0 Å². The number of anilines is 4. The number of aromatic nitrogens is 4. The Balaban J connectivity index is 1.84. The Bertz CT molecular complexity index is 946. The van der Waals surface area contributed by atoms with Crippen LogP contribution in [0, 0.1) is 0 Å². The number of rotatable bonds is 4. The van der Waals surface area contributed by atoms with Crippen LogP contribution < -0.4 is 10.6 Å². The summed E-state index contributed by atoms with van der Waals surface area (Å²) in [7, 11) is 0. The van der Waals surface area contributed by atoms with Gasteiger partial charge in [-0.1, -0.05) is 6.07 Å². The van der Waals surface area contributed by atoms with Crippen molar-refractivity contribution < 1.29 is 26.3 Å². The van der Waals surface area contributed by atoms with E-state index < -0.39 is 23.6 Å². The molecule has 0 aliphatic heterocycles. The van der Waals surface area contributed by atoms with Crippen LogP contribution in [0.2, 0.25) is 5.28 Å². The minimum absolute atomic E-state index is 0.0244. The highest BCUT2D eigenvalue weighted by Crippen LogP contribution is 2.32. The number of alkyl halides is 6. The quantitative estimate of drug-likeness (QED) is 0.532. The molecule has 3 aromatic rings. The number of nitrogens with one attached hydrogen (secondary N) is 2. The van der Waals surface area contributed by atoms with Crippen molar-refractivity contribution in [3.63, 3.8) is 0 Å². The average molecular weight is 435 g/mol. The molecule has 29 heavy (non-hydrogen) atoms. The molecule has 0 saturated carbocycles. The molecular formula is C16H9ClF6N6. The van der Waals surface area contributed by atoms with Gasteiger partial charge in [0.15, 0.2) is 0 Å². The third-order valence-electron chi connectivity index (χ3n) is 3.36. The summed E-state index contributed by atoms with van der Waals surface area (Å²) in [4.78, 5) is 14.6. The summed E-state index contributed by atoms with van der Waals surface area (Å²) in [5.41, 5.74) is -2.03. The predicted molar refractivity (Wildman–Crippen MR) is 92.1 cm³/mol. The fraction of sp³-hybridized carbons (Fsp3) is 0.125. The number of nitrogens with zero attached hydrogens (tertiary/aromatic N) is 4. The molecular weight excluding hydrogens is 426 g/mol. The van der Waals surface area contributed by atoms with Crippen molar-refractivity contribution in [2.75, 3.05) is 10.6 Å². The van der Waals surface area contributed by atoms with Crippen LogP contribution in [0.4, 0.5) is 49.6 Å². The Morgan fingerprint density at radius 2 is 1.38 bits per heavy atom. The molecule has 2 N–H and O–H groups in total. The first-order chi connectivity index (χ1) is 13.5. The number of hydrogen-bond acceptors (Lipinski definition) is 6. The first kappa shape index (κ1) is 20.6. The summed E-state index contributed by atoms with van der Waals surface area (Å²) in [6.07, 6.45) is -8.25. The molecule has 0 unspecified atom stereocenters. The molecule has 0 atom stereocenters. The molecule has 0 amide bonds. The van der Waals surface area contributed by atoms with Crippen molar-refractivity contribution in [2.24, 2.45) is 0 Å². The molecule has 152 valence electrons. The minimum Gasteiger partial charge on any atom is -0.324 e. The SMILES string of the molecule is FC(F)(F)c1cccc(Nc2nc(Cl)nc(Nc3ccnc(C(F)(F)F)c3)n2)c1. The number of pyridine rings is 1. The molecule has 6 nitrogen and oxygen atoms in total. The van der Waals surface area contributed by atoms with E-state index in [1.54, 1.807) is 0 Å². The molecule has 0 aliphatic rings. The zero-order chi connectivity index (χ0) is 21.2. The second kappa shape index (κ2) is 7.70. The Hall–Kier alpha value is -3.15. The summed E-state index contributed by atoms with van der Waals surface area (Å²) in [5, 5.41) is 4.72. The van der Waals surface area contributed by atoms with Gasteiger partial charge in [0.1, 0.15) is 5.69 Å². The van der Waals surface area contributed by atoms with E-state index in [-0.39, 0.29) is 28.6 Å². The summed E-state index contributed by atoms with van der Waals surface area (Å²) >= 11 is 5.78. The molecule has 2 heterocycles. The van der Waals surface area contributed by atoms with Gasteiger partial charge >= 0.3 is 12.4 Å². The highest BCUT2D eigenvalue weighted by Gasteiger charge is 2.32. The Kier molecular flexibility index (Phi) is 5.46. The van der Waals surface area contributed by atoms with Crippen molar-refractivity contribution in [1.82, 2.24) is 19.9 Å². The molecule has 0 aliphatic carbocycles. The Morgan fingerprint density at radius 1 is 0.759 bits per heavy atom. The van der Waals surface area contributed by atoms with E-state index in [4.69, 9.17) is 11.6 Å². The van der Waals surface area contributed by atoms with E-state index in [1.807, 2.05) is 0 Å². The maximum absolute atomic E-state index is 12.8. The Labute approximate surface area is 164 Å². The second-order valence-electron chi connectivity index (χ2n) is 5.51. The van der Waals surface area contributed by atoms with Gasteiger partial charge in [0.2, 0.25) is 17.2 Å². The van der Waals surface area contributed by atoms with Crippen molar-refractivity contribution in [2.45, 2.75) is 12.4 Å². The number of hydrogen-bond donors (Lipinski definition) is 2. The third-order valence-corrected chi connectivity index (χ3v) is 3.53. The molecule has 0 bridgehead atoms.